The standard InChI is InChI=1S/C15H16N4O4S2/c1-2-23-12(21)9-24-15-19-18-14(25-15)17-11(20)8-16-13(22)10-6-4-3-5-7-10/h3-7H,2,8-9H2,1H3,(H,16,22)(H,17,18,20). The number of nitrogens with one attached hydrogen (secondary N) is 2. The fourth-order valence-electron chi connectivity index (χ4n) is 1.66. The van der Waals surface area contributed by atoms with E-state index < -0.39 is 5.91 Å². The van der Waals surface area contributed by atoms with Gasteiger partial charge >= 0.3 is 5.97 Å². The van der Waals surface area contributed by atoms with Crippen molar-refractivity contribution in [3.05, 3.63) is 35.9 Å². The number of amides is 2. The van der Waals surface area contributed by atoms with E-state index in [0.717, 1.165) is 11.3 Å². The van der Waals surface area contributed by atoms with E-state index in [1.54, 1.807) is 37.3 Å². The summed E-state index contributed by atoms with van der Waals surface area (Å²) in [6.07, 6.45) is 0. The molecule has 2 rings (SSSR count). The Labute approximate surface area is 152 Å². The number of carbonyl (C=O) groups is 3. The Morgan fingerprint density at radius 1 is 1.20 bits per heavy atom. The average Bonchev–Trinajstić information content (AvgIpc) is 3.06. The smallest absolute Gasteiger partial charge is 0.316 e. The molecule has 0 aliphatic heterocycles. The third kappa shape index (κ3) is 6.51. The summed E-state index contributed by atoms with van der Waals surface area (Å²) in [6, 6.07) is 8.60. The maximum absolute atomic E-state index is 11.8. The SMILES string of the molecule is CCOC(=O)CSc1nnc(NC(=O)CNC(=O)c2ccccc2)s1. The molecule has 0 atom stereocenters. The average molecular weight is 380 g/mol. The lowest BCUT2D eigenvalue weighted by Gasteiger charge is -2.04. The largest absolute Gasteiger partial charge is 0.465 e. The number of ether oxygens (including phenoxy) is 1. The van der Waals surface area contributed by atoms with Crippen molar-refractivity contribution in [2.75, 3.05) is 24.2 Å². The Balaban J connectivity index is 1.75. The lowest BCUT2D eigenvalue weighted by Crippen LogP contribution is -2.32. The number of esters is 1. The first-order valence-corrected chi connectivity index (χ1v) is 9.13. The first kappa shape index (κ1) is 18.9. The predicted octanol–water partition coefficient (Wildman–Crippen LogP) is 1.56. The molecule has 2 N–H and O–H groups in total. The third-order valence-corrected chi connectivity index (χ3v) is 4.66. The van der Waals surface area contributed by atoms with Crippen LogP contribution in [-0.2, 0) is 14.3 Å². The molecule has 1 aromatic heterocycles. The van der Waals surface area contributed by atoms with Crippen molar-refractivity contribution in [3.63, 3.8) is 0 Å². The molecule has 0 fully saturated rings. The van der Waals surface area contributed by atoms with Crippen LogP contribution in [0.5, 0.6) is 0 Å². The van der Waals surface area contributed by atoms with Crippen LogP contribution in [0.3, 0.4) is 0 Å². The summed E-state index contributed by atoms with van der Waals surface area (Å²) in [5.41, 5.74) is 0.476. The molecule has 2 amide bonds. The highest BCUT2D eigenvalue weighted by atomic mass is 32.2. The van der Waals surface area contributed by atoms with E-state index in [1.807, 2.05) is 0 Å². The van der Waals surface area contributed by atoms with Crippen molar-refractivity contribution in [2.45, 2.75) is 11.3 Å². The quantitative estimate of drug-likeness (QED) is 0.406. The van der Waals surface area contributed by atoms with E-state index in [4.69, 9.17) is 4.74 Å². The minimum atomic E-state index is -0.414. The molecule has 2 aromatic rings. The Kier molecular flexibility index (Phi) is 7.36. The van der Waals surface area contributed by atoms with Gasteiger partial charge in [-0.15, -0.1) is 10.2 Å². The highest BCUT2D eigenvalue weighted by Crippen LogP contribution is 2.25. The minimum Gasteiger partial charge on any atom is -0.465 e. The van der Waals surface area contributed by atoms with Crippen LogP contribution < -0.4 is 10.6 Å². The van der Waals surface area contributed by atoms with Crippen molar-refractivity contribution >= 4 is 46.0 Å². The van der Waals surface area contributed by atoms with Crippen molar-refractivity contribution in [2.24, 2.45) is 0 Å². The van der Waals surface area contributed by atoms with Crippen LogP contribution >= 0.6 is 23.1 Å². The zero-order valence-corrected chi connectivity index (χ0v) is 15.0. The number of benzene rings is 1. The lowest BCUT2D eigenvalue weighted by atomic mass is 10.2. The predicted molar refractivity (Wildman–Crippen MR) is 94.7 cm³/mol. The van der Waals surface area contributed by atoms with Gasteiger partial charge in [0.2, 0.25) is 11.0 Å². The van der Waals surface area contributed by atoms with Crippen LogP contribution in [0.15, 0.2) is 34.7 Å². The highest BCUT2D eigenvalue weighted by Gasteiger charge is 2.12. The molecule has 132 valence electrons. The van der Waals surface area contributed by atoms with Crippen LogP contribution in [0.2, 0.25) is 0 Å². The van der Waals surface area contributed by atoms with Gasteiger partial charge in [0.15, 0.2) is 4.34 Å². The Hall–Kier alpha value is -2.46. The van der Waals surface area contributed by atoms with E-state index in [9.17, 15) is 14.4 Å². The van der Waals surface area contributed by atoms with Gasteiger partial charge in [0.25, 0.3) is 5.91 Å². The van der Waals surface area contributed by atoms with E-state index >= 15 is 0 Å². The second-order valence-corrected chi connectivity index (χ2v) is 6.76. The van der Waals surface area contributed by atoms with Gasteiger partial charge in [0.05, 0.1) is 18.9 Å². The number of hydrogen-bond acceptors (Lipinski definition) is 8. The summed E-state index contributed by atoms with van der Waals surface area (Å²) in [6.45, 7) is 1.88. The lowest BCUT2D eigenvalue weighted by molar-refractivity contribution is -0.139. The van der Waals surface area contributed by atoms with Gasteiger partial charge in [0, 0.05) is 5.56 Å². The van der Waals surface area contributed by atoms with Crippen LogP contribution in [0.1, 0.15) is 17.3 Å². The van der Waals surface area contributed by atoms with Gasteiger partial charge < -0.3 is 10.1 Å². The van der Waals surface area contributed by atoms with Crippen molar-refractivity contribution in [1.29, 1.82) is 0 Å². The Morgan fingerprint density at radius 2 is 1.96 bits per heavy atom. The van der Waals surface area contributed by atoms with E-state index in [1.165, 1.54) is 11.8 Å². The van der Waals surface area contributed by atoms with Crippen molar-refractivity contribution in [1.82, 2.24) is 15.5 Å². The second kappa shape index (κ2) is 9.74. The van der Waals surface area contributed by atoms with Crippen LogP contribution in [0.25, 0.3) is 0 Å². The number of nitrogens with zero attached hydrogens (tertiary/aromatic N) is 2. The second-order valence-electron chi connectivity index (χ2n) is 4.56. The molecule has 0 aliphatic carbocycles. The number of hydrogen-bond donors (Lipinski definition) is 2. The van der Waals surface area contributed by atoms with Gasteiger partial charge in [-0.3, -0.25) is 19.7 Å². The summed E-state index contributed by atoms with van der Waals surface area (Å²) in [5, 5.41) is 13.0. The first-order chi connectivity index (χ1) is 12.1. The van der Waals surface area contributed by atoms with Gasteiger partial charge in [-0.05, 0) is 19.1 Å². The molecule has 0 spiro atoms. The van der Waals surface area contributed by atoms with E-state index in [0.29, 0.717) is 21.6 Å². The monoisotopic (exact) mass is 380 g/mol. The summed E-state index contributed by atoms with van der Waals surface area (Å²) in [4.78, 5) is 35.0. The van der Waals surface area contributed by atoms with Gasteiger partial charge in [-0.1, -0.05) is 41.3 Å². The number of rotatable bonds is 8. The fraction of sp³-hybridized carbons (Fsp3) is 0.267. The van der Waals surface area contributed by atoms with E-state index in [-0.39, 0.29) is 24.2 Å². The van der Waals surface area contributed by atoms with E-state index in [2.05, 4.69) is 20.8 Å². The fourth-order valence-corrected chi connectivity index (χ4v) is 3.22. The molecule has 0 unspecified atom stereocenters. The van der Waals surface area contributed by atoms with Gasteiger partial charge in [0.1, 0.15) is 0 Å². The molecule has 1 heterocycles. The summed E-state index contributed by atoms with van der Waals surface area (Å²) in [7, 11) is 0. The summed E-state index contributed by atoms with van der Waals surface area (Å²) in [5.74, 6) is -0.957. The number of carbonyl (C=O) groups excluding carboxylic acids is 3. The highest BCUT2D eigenvalue weighted by molar-refractivity contribution is 8.01. The molecule has 0 saturated carbocycles. The first-order valence-electron chi connectivity index (χ1n) is 7.33. The van der Waals surface area contributed by atoms with Crippen LogP contribution in [0.4, 0.5) is 5.13 Å². The molecule has 0 aliphatic rings. The molecule has 0 radical (unpaired) electrons. The molecular formula is C15H16N4O4S2. The van der Waals surface area contributed by atoms with Crippen molar-refractivity contribution < 1.29 is 19.1 Å². The van der Waals surface area contributed by atoms with Crippen molar-refractivity contribution in [3.8, 4) is 0 Å². The zero-order chi connectivity index (χ0) is 18.1. The Bertz CT molecular complexity index is 736. The molecular weight excluding hydrogens is 364 g/mol. The minimum absolute atomic E-state index is 0.129. The molecule has 25 heavy (non-hydrogen) atoms. The number of thioether (sulfide) groups is 1. The van der Waals surface area contributed by atoms with Gasteiger partial charge in [-0.2, -0.15) is 0 Å². The maximum Gasteiger partial charge on any atom is 0.316 e. The van der Waals surface area contributed by atoms with Crippen LogP contribution in [-0.4, -0.2) is 46.9 Å². The zero-order valence-electron chi connectivity index (χ0n) is 13.4. The molecule has 10 heteroatoms. The molecule has 0 bridgehead atoms. The molecule has 0 saturated heterocycles. The van der Waals surface area contributed by atoms with Gasteiger partial charge in [-0.25, -0.2) is 0 Å². The molecule has 8 nitrogen and oxygen atoms in total. The maximum atomic E-state index is 11.8. The van der Waals surface area contributed by atoms with Crippen LogP contribution in [0, 0.1) is 0 Å². The summed E-state index contributed by atoms with van der Waals surface area (Å²) < 4.78 is 5.35. The topological polar surface area (TPSA) is 110 Å². The Morgan fingerprint density at radius 3 is 2.68 bits per heavy atom. The molecule has 1 aromatic carbocycles. The third-order valence-electron chi connectivity index (χ3n) is 2.72. The normalized spacial score (nSPS) is 10.1. The number of anilines is 1. The number of aromatic nitrogens is 2. The summed E-state index contributed by atoms with van der Waals surface area (Å²) >= 11 is 2.32.